The average Bonchev–Trinajstić information content (AvgIpc) is 2.78. The number of nitrogens with zero attached hydrogens (tertiary/aromatic N) is 2. The van der Waals surface area contributed by atoms with E-state index in [1.807, 2.05) is 0 Å². The van der Waals surface area contributed by atoms with Crippen LogP contribution in [0.4, 0.5) is 11.4 Å². The molecule has 0 saturated carbocycles. The first kappa shape index (κ1) is 13.2. The van der Waals surface area contributed by atoms with E-state index in [4.69, 9.17) is 0 Å². The summed E-state index contributed by atoms with van der Waals surface area (Å²) in [5.74, 6) is -0.382. The molecule has 0 aliphatic heterocycles. The third kappa shape index (κ3) is 2.79. The molecule has 0 atom stereocenters. The van der Waals surface area contributed by atoms with Crippen molar-refractivity contribution in [2.24, 2.45) is 0 Å². The van der Waals surface area contributed by atoms with Crippen LogP contribution < -0.4 is 5.32 Å². The molecule has 0 saturated heterocycles. The van der Waals surface area contributed by atoms with Crippen molar-refractivity contribution < 1.29 is 9.72 Å². The topological polar surface area (TPSA) is 101 Å². The molecule has 0 aliphatic rings. The molecular formula is C11H9BrN4O3. The predicted octanol–water partition coefficient (Wildman–Crippen LogP) is 2.64. The van der Waals surface area contributed by atoms with Crippen molar-refractivity contribution in [1.82, 2.24) is 10.2 Å². The van der Waals surface area contributed by atoms with Gasteiger partial charge in [-0.25, -0.2) is 0 Å². The Balaban J connectivity index is 2.28. The van der Waals surface area contributed by atoms with Crippen molar-refractivity contribution in [1.29, 1.82) is 0 Å². The number of benzene rings is 1. The zero-order chi connectivity index (χ0) is 14.0. The minimum absolute atomic E-state index is 0.0950. The first-order chi connectivity index (χ1) is 8.99. The van der Waals surface area contributed by atoms with E-state index in [9.17, 15) is 14.9 Å². The minimum Gasteiger partial charge on any atom is -0.321 e. The van der Waals surface area contributed by atoms with Gasteiger partial charge in [-0.05, 0) is 28.9 Å². The van der Waals surface area contributed by atoms with E-state index >= 15 is 0 Å². The van der Waals surface area contributed by atoms with Gasteiger partial charge in [-0.2, -0.15) is 5.10 Å². The summed E-state index contributed by atoms with van der Waals surface area (Å²) < 4.78 is 0.563. The highest BCUT2D eigenvalue weighted by molar-refractivity contribution is 9.10. The van der Waals surface area contributed by atoms with Crippen LogP contribution in [0, 0.1) is 17.0 Å². The van der Waals surface area contributed by atoms with Crippen LogP contribution in [0.15, 0.2) is 28.9 Å². The van der Waals surface area contributed by atoms with Crippen molar-refractivity contribution in [3.63, 3.8) is 0 Å². The Bertz CT molecular complexity index is 653. The Hall–Kier alpha value is -2.22. The van der Waals surface area contributed by atoms with E-state index in [0.29, 0.717) is 21.4 Å². The van der Waals surface area contributed by atoms with Crippen LogP contribution >= 0.6 is 15.9 Å². The van der Waals surface area contributed by atoms with Gasteiger partial charge >= 0.3 is 0 Å². The molecule has 0 radical (unpaired) electrons. The fourth-order valence-corrected chi connectivity index (χ4v) is 1.84. The molecule has 19 heavy (non-hydrogen) atoms. The second-order valence-corrected chi connectivity index (χ2v) is 4.64. The number of nitro groups is 1. The smallest absolute Gasteiger partial charge is 0.271 e. The third-order valence-electron chi connectivity index (χ3n) is 2.48. The van der Waals surface area contributed by atoms with Gasteiger partial charge in [-0.15, -0.1) is 0 Å². The molecule has 0 fully saturated rings. The third-order valence-corrected chi connectivity index (χ3v) is 3.17. The normalized spacial score (nSPS) is 10.2. The zero-order valence-electron chi connectivity index (χ0n) is 9.81. The van der Waals surface area contributed by atoms with Crippen LogP contribution in [0.3, 0.4) is 0 Å². The van der Waals surface area contributed by atoms with Gasteiger partial charge in [0.1, 0.15) is 0 Å². The number of aryl methyl sites for hydroxylation is 1. The van der Waals surface area contributed by atoms with Crippen LogP contribution in [0.5, 0.6) is 0 Å². The summed E-state index contributed by atoms with van der Waals surface area (Å²) >= 11 is 3.23. The zero-order valence-corrected chi connectivity index (χ0v) is 11.4. The SMILES string of the molecule is Cc1[nH]ncc1C(=O)Nc1cc([N+](=O)[O-])ccc1Br. The number of carbonyl (C=O) groups is 1. The number of aromatic amines is 1. The van der Waals surface area contributed by atoms with Crippen molar-refractivity contribution in [2.75, 3.05) is 5.32 Å². The Morgan fingerprint density at radius 3 is 2.84 bits per heavy atom. The maximum Gasteiger partial charge on any atom is 0.271 e. The number of non-ortho nitro benzene ring substituents is 1. The lowest BCUT2D eigenvalue weighted by Gasteiger charge is -2.06. The Kier molecular flexibility index (Phi) is 3.61. The van der Waals surface area contributed by atoms with Crippen LogP contribution in [0.1, 0.15) is 16.1 Å². The number of hydrogen-bond acceptors (Lipinski definition) is 4. The highest BCUT2D eigenvalue weighted by atomic mass is 79.9. The van der Waals surface area contributed by atoms with Gasteiger partial charge in [0.2, 0.25) is 0 Å². The van der Waals surface area contributed by atoms with Gasteiger partial charge in [0.05, 0.1) is 22.4 Å². The summed E-state index contributed by atoms with van der Waals surface area (Å²) in [5.41, 5.74) is 1.25. The second-order valence-electron chi connectivity index (χ2n) is 3.78. The van der Waals surface area contributed by atoms with Crippen molar-refractivity contribution in [2.45, 2.75) is 6.92 Å². The molecule has 0 unspecified atom stereocenters. The molecule has 8 heteroatoms. The van der Waals surface area contributed by atoms with Crippen LogP contribution in [-0.4, -0.2) is 21.0 Å². The lowest BCUT2D eigenvalue weighted by Crippen LogP contribution is -2.12. The van der Waals surface area contributed by atoms with Crippen LogP contribution in [-0.2, 0) is 0 Å². The predicted molar refractivity (Wildman–Crippen MR) is 72.1 cm³/mol. The van der Waals surface area contributed by atoms with E-state index in [1.54, 1.807) is 6.92 Å². The largest absolute Gasteiger partial charge is 0.321 e. The number of H-pyrrole nitrogens is 1. The monoisotopic (exact) mass is 324 g/mol. The van der Waals surface area contributed by atoms with Crippen molar-refractivity contribution in [3.8, 4) is 0 Å². The number of aromatic nitrogens is 2. The number of nitrogens with one attached hydrogen (secondary N) is 2. The number of amides is 1. The summed E-state index contributed by atoms with van der Waals surface area (Å²) in [6.45, 7) is 1.71. The van der Waals surface area contributed by atoms with Gasteiger partial charge in [0.25, 0.3) is 11.6 Å². The molecule has 7 nitrogen and oxygen atoms in total. The quantitative estimate of drug-likeness (QED) is 0.669. The number of hydrogen-bond donors (Lipinski definition) is 2. The van der Waals surface area contributed by atoms with Gasteiger partial charge in [-0.1, -0.05) is 0 Å². The number of nitro benzene ring substituents is 1. The average molecular weight is 325 g/mol. The van der Waals surface area contributed by atoms with E-state index < -0.39 is 4.92 Å². The summed E-state index contributed by atoms with van der Waals surface area (Å²) in [7, 11) is 0. The number of carbonyl (C=O) groups excluding carboxylic acids is 1. The van der Waals surface area contributed by atoms with Gasteiger partial charge in [0.15, 0.2) is 0 Å². The summed E-state index contributed by atoms with van der Waals surface area (Å²) in [4.78, 5) is 22.1. The highest BCUT2D eigenvalue weighted by Gasteiger charge is 2.15. The number of anilines is 1. The lowest BCUT2D eigenvalue weighted by atomic mass is 10.2. The molecule has 1 amide bonds. The first-order valence-electron chi connectivity index (χ1n) is 5.24. The van der Waals surface area contributed by atoms with E-state index in [-0.39, 0.29) is 11.6 Å². The summed E-state index contributed by atoms with van der Waals surface area (Å²) in [5, 5.41) is 19.7. The van der Waals surface area contributed by atoms with Gasteiger partial charge in [0, 0.05) is 22.3 Å². The van der Waals surface area contributed by atoms with Gasteiger partial charge in [-0.3, -0.25) is 20.0 Å². The fraction of sp³-hybridized carbons (Fsp3) is 0.0909. The van der Waals surface area contributed by atoms with E-state index in [2.05, 4.69) is 31.4 Å². The van der Waals surface area contributed by atoms with E-state index in [1.165, 1.54) is 24.4 Å². The Morgan fingerprint density at radius 2 is 2.26 bits per heavy atom. The Morgan fingerprint density at radius 1 is 1.53 bits per heavy atom. The molecule has 1 aromatic heterocycles. The fourth-order valence-electron chi connectivity index (χ4n) is 1.49. The molecule has 98 valence electrons. The summed E-state index contributed by atoms with van der Waals surface area (Å²) in [6, 6.07) is 4.15. The second kappa shape index (κ2) is 5.19. The van der Waals surface area contributed by atoms with Crippen LogP contribution in [0.2, 0.25) is 0 Å². The molecule has 0 aliphatic carbocycles. The maximum absolute atomic E-state index is 12.0. The maximum atomic E-state index is 12.0. The molecule has 2 rings (SSSR count). The summed E-state index contributed by atoms with van der Waals surface area (Å²) in [6.07, 6.45) is 1.40. The minimum atomic E-state index is -0.523. The van der Waals surface area contributed by atoms with Crippen molar-refractivity contribution in [3.05, 3.63) is 50.2 Å². The highest BCUT2D eigenvalue weighted by Crippen LogP contribution is 2.27. The van der Waals surface area contributed by atoms with Crippen LogP contribution in [0.25, 0.3) is 0 Å². The van der Waals surface area contributed by atoms with Gasteiger partial charge < -0.3 is 5.32 Å². The first-order valence-corrected chi connectivity index (χ1v) is 6.03. The molecular weight excluding hydrogens is 316 g/mol. The standard InChI is InChI=1S/C11H9BrN4O3/c1-6-8(5-13-15-6)11(17)14-10-4-7(16(18)19)2-3-9(10)12/h2-5H,1H3,(H,13,15)(H,14,17). The molecule has 1 aromatic carbocycles. The molecule has 0 spiro atoms. The lowest BCUT2D eigenvalue weighted by molar-refractivity contribution is -0.384. The molecule has 2 N–H and O–H groups in total. The van der Waals surface area contributed by atoms with E-state index in [0.717, 1.165) is 0 Å². The molecule has 1 heterocycles. The molecule has 2 aromatic rings. The number of halogens is 1. The Labute approximate surface area is 116 Å². The number of rotatable bonds is 3. The molecule has 0 bridgehead atoms. The van der Waals surface area contributed by atoms with Crippen molar-refractivity contribution >= 4 is 33.2 Å².